The highest BCUT2D eigenvalue weighted by molar-refractivity contribution is 6.35. The number of hydrogen-bond acceptors (Lipinski definition) is 7. The van der Waals surface area contributed by atoms with Crippen LogP contribution in [0.4, 0.5) is 28.9 Å². The van der Waals surface area contributed by atoms with Crippen molar-refractivity contribution in [3.63, 3.8) is 0 Å². The number of nitrogens with zero attached hydrogens (tertiary/aromatic N) is 1. The molecule has 0 aromatic heterocycles. The van der Waals surface area contributed by atoms with Crippen molar-refractivity contribution < 1.29 is 41.5 Å². The van der Waals surface area contributed by atoms with E-state index >= 15 is 0 Å². The average molecular weight is 569 g/mol. The summed E-state index contributed by atoms with van der Waals surface area (Å²) in [5.74, 6) is -1.46. The number of fused-ring (bicyclic) bond motifs is 1. The van der Waals surface area contributed by atoms with Crippen molar-refractivity contribution in [2.45, 2.75) is 56.5 Å². The molecule has 2 aromatic carbocycles. The molecule has 10 nitrogen and oxygen atoms in total. The van der Waals surface area contributed by atoms with Crippen LogP contribution in [-0.2, 0) is 26.9 Å². The Morgan fingerprint density at radius 3 is 2.48 bits per heavy atom. The SMILES string of the molecule is O=C(NCCOC1CCC(Nc2ccc([N+](=O)[O-])c(C(F)(F)F)c2)CC1)C(=O)NCC1Cc2cc(F)ccc2O1. The van der Waals surface area contributed by atoms with Gasteiger partial charge < -0.3 is 25.4 Å². The van der Waals surface area contributed by atoms with E-state index in [1.807, 2.05) is 0 Å². The van der Waals surface area contributed by atoms with Gasteiger partial charge in [-0.1, -0.05) is 0 Å². The zero-order chi connectivity index (χ0) is 28.9. The molecule has 40 heavy (non-hydrogen) atoms. The quantitative estimate of drug-likeness (QED) is 0.138. The van der Waals surface area contributed by atoms with E-state index in [1.165, 1.54) is 24.3 Å². The van der Waals surface area contributed by atoms with E-state index in [9.17, 15) is 37.3 Å². The fourth-order valence-electron chi connectivity index (χ4n) is 4.78. The second-order valence-electron chi connectivity index (χ2n) is 9.64. The number of benzene rings is 2. The first kappa shape index (κ1) is 29.1. The largest absolute Gasteiger partial charge is 0.488 e. The van der Waals surface area contributed by atoms with Gasteiger partial charge in [0.05, 0.1) is 24.2 Å². The molecule has 2 aromatic rings. The number of alkyl halides is 3. The minimum atomic E-state index is -4.85. The summed E-state index contributed by atoms with van der Waals surface area (Å²) in [5, 5.41) is 18.9. The van der Waals surface area contributed by atoms with E-state index in [-0.39, 0.29) is 43.3 Å². The van der Waals surface area contributed by atoms with Crippen LogP contribution in [0.3, 0.4) is 0 Å². The van der Waals surface area contributed by atoms with Gasteiger partial charge in [0, 0.05) is 36.3 Å². The molecule has 0 radical (unpaired) electrons. The Hall–Kier alpha value is -3.94. The first-order valence-corrected chi connectivity index (χ1v) is 12.7. The van der Waals surface area contributed by atoms with Crippen molar-refractivity contribution in [3.8, 4) is 5.75 Å². The van der Waals surface area contributed by atoms with Gasteiger partial charge in [0.15, 0.2) is 0 Å². The highest BCUT2D eigenvalue weighted by Crippen LogP contribution is 2.38. The van der Waals surface area contributed by atoms with Gasteiger partial charge in [-0.3, -0.25) is 19.7 Å². The van der Waals surface area contributed by atoms with Gasteiger partial charge in [0.25, 0.3) is 5.69 Å². The van der Waals surface area contributed by atoms with E-state index in [1.54, 1.807) is 0 Å². The Bertz CT molecular complexity index is 1250. The van der Waals surface area contributed by atoms with E-state index in [0.29, 0.717) is 43.4 Å². The molecule has 4 rings (SSSR count). The Morgan fingerprint density at radius 1 is 1.05 bits per heavy atom. The first-order valence-electron chi connectivity index (χ1n) is 12.7. The molecular formula is C26H28F4N4O6. The maximum atomic E-state index is 13.3. The molecule has 1 heterocycles. The zero-order valence-corrected chi connectivity index (χ0v) is 21.3. The number of carbonyl (C=O) groups is 2. The molecule has 216 valence electrons. The number of ether oxygens (including phenoxy) is 2. The average Bonchev–Trinajstić information content (AvgIpc) is 3.32. The summed E-state index contributed by atoms with van der Waals surface area (Å²) in [7, 11) is 0. The number of nitro benzene ring substituents is 1. The molecular weight excluding hydrogens is 540 g/mol. The highest BCUT2D eigenvalue weighted by atomic mass is 19.4. The summed E-state index contributed by atoms with van der Waals surface area (Å²) >= 11 is 0. The summed E-state index contributed by atoms with van der Waals surface area (Å²) in [6.45, 7) is 0.373. The fraction of sp³-hybridized carbons (Fsp3) is 0.462. The third kappa shape index (κ3) is 7.58. The maximum Gasteiger partial charge on any atom is 0.423 e. The monoisotopic (exact) mass is 568 g/mol. The highest BCUT2D eigenvalue weighted by Gasteiger charge is 2.38. The maximum absolute atomic E-state index is 13.3. The van der Waals surface area contributed by atoms with Crippen molar-refractivity contribution >= 4 is 23.2 Å². The Balaban J connectivity index is 1.11. The number of amides is 2. The lowest BCUT2D eigenvalue weighted by Crippen LogP contribution is -2.44. The molecule has 1 saturated carbocycles. The minimum Gasteiger partial charge on any atom is -0.488 e. The summed E-state index contributed by atoms with van der Waals surface area (Å²) < 4.78 is 64.3. The third-order valence-corrected chi connectivity index (χ3v) is 6.75. The second-order valence-corrected chi connectivity index (χ2v) is 9.64. The number of nitrogens with one attached hydrogen (secondary N) is 3. The number of carbonyl (C=O) groups excluding carboxylic acids is 2. The van der Waals surface area contributed by atoms with Crippen molar-refractivity contribution in [2.24, 2.45) is 0 Å². The summed E-state index contributed by atoms with van der Waals surface area (Å²) in [6.07, 6.45) is -2.47. The van der Waals surface area contributed by atoms with Crippen molar-refractivity contribution in [3.05, 3.63) is 63.5 Å². The fourth-order valence-corrected chi connectivity index (χ4v) is 4.78. The normalized spacial score (nSPS) is 20.2. The van der Waals surface area contributed by atoms with Gasteiger partial charge in [0.1, 0.15) is 23.2 Å². The van der Waals surface area contributed by atoms with Crippen LogP contribution >= 0.6 is 0 Å². The van der Waals surface area contributed by atoms with Crippen LogP contribution in [0.15, 0.2) is 36.4 Å². The number of hydrogen-bond donors (Lipinski definition) is 3. The molecule has 14 heteroatoms. The molecule has 2 amide bonds. The van der Waals surface area contributed by atoms with Crippen molar-refractivity contribution in [1.29, 1.82) is 0 Å². The van der Waals surface area contributed by atoms with Crippen LogP contribution in [-0.4, -0.2) is 54.7 Å². The van der Waals surface area contributed by atoms with E-state index in [0.717, 1.165) is 12.1 Å². The lowest BCUT2D eigenvalue weighted by molar-refractivity contribution is -0.388. The molecule has 0 bridgehead atoms. The smallest absolute Gasteiger partial charge is 0.423 e. The molecule has 2 aliphatic rings. The molecule has 0 spiro atoms. The third-order valence-electron chi connectivity index (χ3n) is 6.75. The number of nitro groups is 1. The molecule has 3 N–H and O–H groups in total. The van der Waals surface area contributed by atoms with Gasteiger partial charge in [-0.15, -0.1) is 0 Å². The zero-order valence-electron chi connectivity index (χ0n) is 21.3. The lowest BCUT2D eigenvalue weighted by Gasteiger charge is -2.30. The van der Waals surface area contributed by atoms with Crippen LogP contribution in [0.25, 0.3) is 0 Å². The first-order chi connectivity index (χ1) is 19.0. The molecule has 1 aliphatic carbocycles. The Morgan fingerprint density at radius 2 is 1.77 bits per heavy atom. The molecule has 1 fully saturated rings. The van der Waals surface area contributed by atoms with Gasteiger partial charge in [-0.2, -0.15) is 13.2 Å². The van der Waals surface area contributed by atoms with Crippen LogP contribution in [0.2, 0.25) is 0 Å². The standard InChI is InChI=1S/C26H28F4N4O6/c27-16-1-8-23-15(11-16)12-20(40-23)14-32-25(36)24(35)31-9-10-39-19-5-2-17(3-6-19)33-18-4-7-22(34(37)38)21(13-18)26(28,29)30/h1,4,7-8,11,13,17,19-20,33H,2-3,5-6,9-10,12,14H2,(H,31,35)(H,32,36). The number of rotatable bonds is 9. The Labute approximate surface area is 226 Å². The summed E-state index contributed by atoms with van der Waals surface area (Å²) in [5.41, 5.74) is -1.44. The molecule has 1 aliphatic heterocycles. The predicted octanol–water partition coefficient (Wildman–Crippen LogP) is 3.73. The number of anilines is 1. The second kappa shape index (κ2) is 12.5. The molecule has 1 atom stereocenters. The van der Waals surface area contributed by atoms with Crippen LogP contribution in [0.1, 0.15) is 36.8 Å². The van der Waals surface area contributed by atoms with Crippen molar-refractivity contribution in [1.82, 2.24) is 10.6 Å². The molecule has 1 unspecified atom stereocenters. The summed E-state index contributed by atoms with van der Waals surface area (Å²) in [4.78, 5) is 34.0. The van der Waals surface area contributed by atoms with Crippen LogP contribution in [0, 0.1) is 15.9 Å². The minimum absolute atomic E-state index is 0.0910. The van der Waals surface area contributed by atoms with Gasteiger partial charge >= 0.3 is 18.0 Å². The topological polar surface area (TPSA) is 132 Å². The van der Waals surface area contributed by atoms with Gasteiger partial charge in [0.2, 0.25) is 0 Å². The molecule has 0 saturated heterocycles. The van der Waals surface area contributed by atoms with E-state index < -0.39 is 40.3 Å². The van der Waals surface area contributed by atoms with E-state index in [4.69, 9.17) is 9.47 Å². The van der Waals surface area contributed by atoms with Gasteiger partial charge in [-0.25, -0.2) is 4.39 Å². The Kier molecular flexibility index (Phi) is 9.07. The van der Waals surface area contributed by atoms with Crippen LogP contribution < -0.4 is 20.7 Å². The van der Waals surface area contributed by atoms with Crippen molar-refractivity contribution in [2.75, 3.05) is 25.0 Å². The lowest BCUT2D eigenvalue weighted by atomic mass is 9.92. The van der Waals surface area contributed by atoms with Gasteiger partial charge in [-0.05, 0) is 56.0 Å². The van der Waals surface area contributed by atoms with E-state index in [2.05, 4.69) is 16.0 Å². The summed E-state index contributed by atoms with van der Waals surface area (Å²) in [6, 6.07) is 6.92. The van der Waals surface area contributed by atoms with Crippen LogP contribution in [0.5, 0.6) is 5.75 Å². The predicted molar refractivity (Wildman–Crippen MR) is 134 cm³/mol. The number of halogens is 4.